The first-order chi connectivity index (χ1) is 11.5. The molecule has 1 aliphatic rings. The van der Waals surface area contributed by atoms with Gasteiger partial charge in [0.1, 0.15) is 10.1 Å². The standard InChI is InChI=1S/C20H20BrN3/c1-11-5-4-6-14-13(3)15(19(11)14)9-12(2)23-17-10-22-16-7-8-18(21)24-20(16)17/h4-10,13,15,22-23H,1-3H3/b12-9+. The zero-order valence-corrected chi connectivity index (χ0v) is 15.6. The van der Waals surface area contributed by atoms with Crippen molar-refractivity contribution in [3.8, 4) is 0 Å². The first-order valence-corrected chi connectivity index (χ1v) is 9.02. The molecule has 0 bridgehead atoms. The van der Waals surface area contributed by atoms with Gasteiger partial charge in [-0.3, -0.25) is 0 Å². The Hall–Kier alpha value is -2.07. The molecule has 0 fully saturated rings. The van der Waals surface area contributed by atoms with Gasteiger partial charge in [0.15, 0.2) is 0 Å². The van der Waals surface area contributed by atoms with Gasteiger partial charge in [-0.05, 0) is 64.5 Å². The second-order valence-corrected chi connectivity index (χ2v) is 7.41. The molecule has 122 valence electrons. The maximum Gasteiger partial charge on any atom is 0.113 e. The number of aromatic nitrogens is 2. The van der Waals surface area contributed by atoms with Crippen molar-refractivity contribution < 1.29 is 0 Å². The third kappa shape index (κ3) is 2.46. The number of anilines is 1. The molecule has 0 saturated heterocycles. The maximum absolute atomic E-state index is 4.56. The lowest BCUT2D eigenvalue weighted by atomic mass is 9.67. The number of nitrogens with zero attached hydrogens (tertiary/aromatic N) is 1. The molecule has 3 aromatic rings. The number of hydrogen-bond donors (Lipinski definition) is 2. The van der Waals surface area contributed by atoms with E-state index in [0.717, 1.165) is 27.0 Å². The van der Waals surface area contributed by atoms with Crippen LogP contribution in [0.5, 0.6) is 0 Å². The number of pyridine rings is 1. The van der Waals surface area contributed by atoms with Gasteiger partial charge in [-0.1, -0.05) is 31.2 Å². The summed E-state index contributed by atoms with van der Waals surface area (Å²) in [7, 11) is 0. The Balaban J connectivity index is 1.62. The molecule has 0 radical (unpaired) electrons. The minimum absolute atomic E-state index is 0.485. The van der Waals surface area contributed by atoms with Gasteiger partial charge < -0.3 is 10.3 Å². The van der Waals surface area contributed by atoms with Gasteiger partial charge in [0, 0.05) is 17.8 Å². The molecule has 4 heteroatoms. The number of halogens is 1. The predicted octanol–water partition coefficient (Wildman–Crippen LogP) is 5.85. The average Bonchev–Trinajstić information content (AvgIpc) is 2.94. The highest BCUT2D eigenvalue weighted by atomic mass is 79.9. The third-order valence-electron chi connectivity index (χ3n) is 4.97. The summed E-state index contributed by atoms with van der Waals surface area (Å²) in [6.07, 6.45) is 4.32. The van der Waals surface area contributed by atoms with E-state index in [4.69, 9.17) is 0 Å². The zero-order chi connectivity index (χ0) is 16.8. The summed E-state index contributed by atoms with van der Waals surface area (Å²) in [5.41, 5.74) is 8.52. The number of rotatable bonds is 3. The van der Waals surface area contributed by atoms with Crippen LogP contribution in [-0.4, -0.2) is 9.97 Å². The molecule has 4 rings (SSSR count). The molecule has 2 N–H and O–H groups in total. The number of aryl methyl sites for hydroxylation is 1. The minimum Gasteiger partial charge on any atom is -0.358 e. The summed E-state index contributed by atoms with van der Waals surface area (Å²) in [4.78, 5) is 7.83. The van der Waals surface area contributed by atoms with Crippen LogP contribution in [0.15, 0.2) is 52.9 Å². The van der Waals surface area contributed by atoms with Gasteiger partial charge in [-0.2, -0.15) is 0 Å². The van der Waals surface area contributed by atoms with Crippen molar-refractivity contribution in [3.63, 3.8) is 0 Å². The van der Waals surface area contributed by atoms with E-state index in [1.165, 1.54) is 16.7 Å². The van der Waals surface area contributed by atoms with E-state index in [-0.39, 0.29) is 0 Å². The molecule has 2 unspecified atom stereocenters. The number of fused-ring (bicyclic) bond motifs is 2. The first-order valence-electron chi connectivity index (χ1n) is 8.23. The SMILES string of the molecule is C/C(=C\C1c2c(C)cccc2C1C)Nc1c[nH]c2ccc(Br)nc12. The number of H-pyrrole nitrogens is 1. The van der Waals surface area contributed by atoms with Crippen LogP contribution in [0.1, 0.15) is 42.4 Å². The first kappa shape index (κ1) is 15.5. The third-order valence-corrected chi connectivity index (χ3v) is 5.41. The van der Waals surface area contributed by atoms with Crippen molar-refractivity contribution in [2.24, 2.45) is 0 Å². The Bertz CT molecular complexity index is 955. The van der Waals surface area contributed by atoms with Gasteiger partial charge in [0.05, 0.1) is 11.2 Å². The van der Waals surface area contributed by atoms with Gasteiger partial charge in [-0.15, -0.1) is 0 Å². The van der Waals surface area contributed by atoms with Crippen LogP contribution in [0.2, 0.25) is 0 Å². The fraction of sp³-hybridized carbons (Fsp3) is 0.250. The number of benzene rings is 1. The highest BCUT2D eigenvalue weighted by Crippen LogP contribution is 2.49. The topological polar surface area (TPSA) is 40.7 Å². The monoisotopic (exact) mass is 381 g/mol. The van der Waals surface area contributed by atoms with Crippen molar-refractivity contribution in [1.29, 1.82) is 0 Å². The second-order valence-electron chi connectivity index (χ2n) is 6.60. The molecule has 0 saturated carbocycles. The zero-order valence-electron chi connectivity index (χ0n) is 14.0. The molecule has 1 aromatic carbocycles. The molecular formula is C20H20BrN3. The van der Waals surface area contributed by atoms with Crippen LogP contribution in [0, 0.1) is 6.92 Å². The normalized spacial score (nSPS) is 19.9. The van der Waals surface area contributed by atoms with Gasteiger partial charge in [0.2, 0.25) is 0 Å². The van der Waals surface area contributed by atoms with Crippen molar-refractivity contribution in [2.45, 2.75) is 32.6 Å². The number of allylic oxidation sites excluding steroid dienone is 2. The predicted molar refractivity (Wildman–Crippen MR) is 104 cm³/mol. The molecule has 0 aliphatic heterocycles. The lowest BCUT2D eigenvalue weighted by Crippen LogP contribution is -2.22. The number of nitrogens with one attached hydrogen (secondary N) is 2. The van der Waals surface area contributed by atoms with Gasteiger partial charge in [-0.25, -0.2) is 4.98 Å². The highest BCUT2D eigenvalue weighted by molar-refractivity contribution is 9.10. The molecule has 1 aliphatic carbocycles. The largest absolute Gasteiger partial charge is 0.358 e. The molecule has 24 heavy (non-hydrogen) atoms. The maximum atomic E-state index is 4.56. The molecule has 2 aromatic heterocycles. The fourth-order valence-electron chi connectivity index (χ4n) is 3.72. The van der Waals surface area contributed by atoms with E-state index in [2.05, 4.69) is 76.3 Å². The number of aromatic amines is 1. The van der Waals surface area contributed by atoms with Crippen LogP contribution in [0.25, 0.3) is 11.0 Å². The molecule has 0 amide bonds. The van der Waals surface area contributed by atoms with Crippen molar-refractivity contribution in [2.75, 3.05) is 5.32 Å². The smallest absolute Gasteiger partial charge is 0.113 e. The lowest BCUT2D eigenvalue weighted by Gasteiger charge is -2.37. The Morgan fingerprint density at radius 1 is 1.29 bits per heavy atom. The van der Waals surface area contributed by atoms with E-state index in [1.807, 2.05) is 18.3 Å². The molecule has 2 heterocycles. The summed E-state index contributed by atoms with van der Waals surface area (Å²) in [5, 5.41) is 3.51. The summed E-state index contributed by atoms with van der Waals surface area (Å²) in [6.45, 7) is 6.63. The van der Waals surface area contributed by atoms with Crippen LogP contribution < -0.4 is 5.32 Å². The average molecular weight is 382 g/mol. The number of hydrogen-bond acceptors (Lipinski definition) is 2. The Morgan fingerprint density at radius 2 is 2.12 bits per heavy atom. The van der Waals surface area contributed by atoms with Gasteiger partial charge >= 0.3 is 0 Å². The van der Waals surface area contributed by atoms with E-state index >= 15 is 0 Å². The van der Waals surface area contributed by atoms with E-state index in [9.17, 15) is 0 Å². The Morgan fingerprint density at radius 3 is 2.96 bits per heavy atom. The minimum atomic E-state index is 0.485. The molecule has 0 spiro atoms. The summed E-state index contributed by atoms with van der Waals surface area (Å²) in [5.74, 6) is 1.06. The molecule has 2 atom stereocenters. The van der Waals surface area contributed by atoms with E-state index < -0.39 is 0 Å². The quantitative estimate of drug-likeness (QED) is 0.558. The van der Waals surface area contributed by atoms with Crippen LogP contribution in [0.4, 0.5) is 5.69 Å². The van der Waals surface area contributed by atoms with Gasteiger partial charge in [0.25, 0.3) is 0 Å². The van der Waals surface area contributed by atoms with Crippen LogP contribution in [0.3, 0.4) is 0 Å². The van der Waals surface area contributed by atoms with Crippen molar-refractivity contribution in [1.82, 2.24) is 9.97 Å². The Kier molecular flexibility index (Phi) is 3.72. The Labute approximate surface area is 150 Å². The van der Waals surface area contributed by atoms with E-state index in [1.54, 1.807) is 0 Å². The summed E-state index contributed by atoms with van der Waals surface area (Å²) in [6, 6.07) is 10.6. The van der Waals surface area contributed by atoms with Crippen LogP contribution >= 0.6 is 15.9 Å². The fourth-order valence-corrected chi connectivity index (χ4v) is 4.03. The highest BCUT2D eigenvalue weighted by Gasteiger charge is 2.33. The van der Waals surface area contributed by atoms with Crippen LogP contribution in [-0.2, 0) is 0 Å². The van der Waals surface area contributed by atoms with E-state index in [0.29, 0.717) is 11.8 Å². The summed E-state index contributed by atoms with van der Waals surface area (Å²) < 4.78 is 0.844. The molecular weight excluding hydrogens is 362 g/mol. The van der Waals surface area contributed by atoms with Crippen molar-refractivity contribution in [3.05, 3.63) is 69.6 Å². The second kappa shape index (κ2) is 5.78. The lowest BCUT2D eigenvalue weighted by molar-refractivity contribution is 0.582. The van der Waals surface area contributed by atoms with Crippen molar-refractivity contribution >= 4 is 32.7 Å². The summed E-state index contributed by atoms with van der Waals surface area (Å²) >= 11 is 3.44. The molecule has 3 nitrogen and oxygen atoms in total.